The molecule has 1 fully saturated rings. The summed E-state index contributed by atoms with van der Waals surface area (Å²) in [5.41, 5.74) is 2.04. The predicted octanol–water partition coefficient (Wildman–Crippen LogP) is 4.13. The lowest BCUT2D eigenvalue weighted by molar-refractivity contribution is -0.119. The second-order valence-corrected chi connectivity index (χ2v) is 10.1. The van der Waals surface area contributed by atoms with E-state index in [9.17, 15) is 13.2 Å². The highest BCUT2D eigenvalue weighted by Crippen LogP contribution is 2.29. The minimum atomic E-state index is -3.82. The quantitative estimate of drug-likeness (QED) is 0.601. The van der Waals surface area contributed by atoms with Crippen LogP contribution in [0.4, 0.5) is 5.13 Å². The number of hydrogen-bond acceptors (Lipinski definition) is 6. The van der Waals surface area contributed by atoms with E-state index in [0.29, 0.717) is 34.3 Å². The first-order valence-electron chi connectivity index (χ1n) is 9.43. The standard InChI is InChI=1S/C21H17ClN4O3S2/c22-16-7-9-17(10-8-16)31(28,29)26-11-1-2-19(26)20(27)25-21-24-18(13-30-21)15-5-3-14(12-23)4-6-15/h3-10,13,19H,1-2,11H2,(H,24,25,27)/t19-/m0/s1. The van der Waals surface area contributed by atoms with Gasteiger partial charge in [0.15, 0.2) is 5.13 Å². The number of amides is 1. The Labute approximate surface area is 189 Å². The number of benzene rings is 2. The summed E-state index contributed by atoms with van der Waals surface area (Å²) in [6.07, 6.45) is 1.03. The molecule has 2 aromatic carbocycles. The van der Waals surface area contributed by atoms with Crippen LogP contribution in [0.25, 0.3) is 11.3 Å². The number of carbonyl (C=O) groups is 1. The molecule has 3 aromatic rings. The van der Waals surface area contributed by atoms with Crippen LogP contribution in [0.1, 0.15) is 18.4 Å². The molecular weight excluding hydrogens is 456 g/mol. The first-order valence-corrected chi connectivity index (χ1v) is 12.1. The van der Waals surface area contributed by atoms with Gasteiger partial charge in [0.1, 0.15) is 6.04 Å². The number of nitrogens with zero attached hydrogens (tertiary/aromatic N) is 3. The van der Waals surface area contributed by atoms with Crippen molar-refractivity contribution in [2.45, 2.75) is 23.8 Å². The molecule has 1 aromatic heterocycles. The lowest BCUT2D eigenvalue weighted by atomic mass is 10.1. The van der Waals surface area contributed by atoms with Gasteiger partial charge < -0.3 is 5.32 Å². The van der Waals surface area contributed by atoms with Crippen LogP contribution in [0, 0.1) is 11.3 Å². The van der Waals surface area contributed by atoms with E-state index in [0.717, 1.165) is 5.56 Å². The van der Waals surface area contributed by atoms with Crippen molar-refractivity contribution in [2.75, 3.05) is 11.9 Å². The molecule has 0 unspecified atom stereocenters. The van der Waals surface area contributed by atoms with Crippen molar-refractivity contribution in [3.8, 4) is 17.3 Å². The fraction of sp³-hybridized carbons (Fsp3) is 0.190. The van der Waals surface area contributed by atoms with Crippen LogP contribution in [0.3, 0.4) is 0 Å². The predicted molar refractivity (Wildman–Crippen MR) is 119 cm³/mol. The summed E-state index contributed by atoms with van der Waals surface area (Å²) in [5, 5.41) is 14.3. The minimum absolute atomic E-state index is 0.106. The highest BCUT2D eigenvalue weighted by atomic mass is 35.5. The summed E-state index contributed by atoms with van der Waals surface area (Å²) in [5.74, 6) is -0.407. The average molecular weight is 473 g/mol. The van der Waals surface area contributed by atoms with E-state index in [1.54, 1.807) is 29.6 Å². The Morgan fingerprint density at radius 1 is 1.19 bits per heavy atom. The van der Waals surface area contributed by atoms with Gasteiger partial charge in [-0.25, -0.2) is 13.4 Å². The maximum absolute atomic E-state index is 13.0. The Morgan fingerprint density at radius 3 is 2.58 bits per heavy atom. The van der Waals surface area contributed by atoms with Crippen LogP contribution < -0.4 is 5.32 Å². The zero-order chi connectivity index (χ0) is 22.0. The number of nitrogens with one attached hydrogen (secondary N) is 1. The number of rotatable bonds is 5. The van der Waals surface area contributed by atoms with E-state index in [-0.39, 0.29) is 11.4 Å². The van der Waals surface area contributed by atoms with Crippen molar-refractivity contribution < 1.29 is 13.2 Å². The molecule has 0 radical (unpaired) electrons. The molecule has 2 heterocycles. The smallest absolute Gasteiger partial charge is 0.244 e. The van der Waals surface area contributed by atoms with Crippen LogP contribution in [0.5, 0.6) is 0 Å². The molecule has 1 amide bonds. The molecular formula is C21H17ClN4O3S2. The van der Waals surface area contributed by atoms with Gasteiger partial charge in [0.05, 0.1) is 22.2 Å². The molecule has 7 nitrogen and oxygen atoms in total. The Bertz CT molecular complexity index is 1250. The van der Waals surface area contributed by atoms with Crippen LogP contribution in [-0.4, -0.2) is 36.2 Å². The van der Waals surface area contributed by atoms with E-state index in [1.165, 1.54) is 39.9 Å². The lowest BCUT2D eigenvalue weighted by Gasteiger charge is -2.23. The number of thiazole rings is 1. The topological polar surface area (TPSA) is 103 Å². The third kappa shape index (κ3) is 4.48. The van der Waals surface area contributed by atoms with Crippen molar-refractivity contribution in [2.24, 2.45) is 0 Å². The molecule has 10 heteroatoms. The van der Waals surface area contributed by atoms with Crippen LogP contribution in [-0.2, 0) is 14.8 Å². The number of anilines is 1. The molecule has 1 aliphatic rings. The van der Waals surface area contributed by atoms with Crippen LogP contribution in [0.2, 0.25) is 5.02 Å². The normalized spacial score (nSPS) is 16.7. The molecule has 1 saturated heterocycles. The van der Waals surface area contributed by atoms with E-state index in [2.05, 4.69) is 16.4 Å². The molecule has 158 valence electrons. The van der Waals surface area contributed by atoms with Crippen molar-refractivity contribution >= 4 is 44.0 Å². The maximum Gasteiger partial charge on any atom is 0.244 e. The number of carbonyl (C=O) groups excluding carboxylic acids is 1. The molecule has 0 saturated carbocycles. The summed E-state index contributed by atoms with van der Waals surface area (Å²) in [7, 11) is -3.82. The largest absolute Gasteiger partial charge is 0.301 e. The number of aromatic nitrogens is 1. The van der Waals surface area contributed by atoms with Crippen LogP contribution >= 0.6 is 22.9 Å². The Morgan fingerprint density at radius 2 is 1.90 bits per heavy atom. The molecule has 0 aliphatic carbocycles. The summed E-state index contributed by atoms with van der Waals surface area (Å²) < 4.78 is 27.3. The van der Waals surface area contributed by atoms with Gasteiger partial charge in [0.2, 0.25) is 15.9 Å². The van der Waals surface area contributed by atoms with Gasteiger partial charge in [0, 0.05) is 22.5 Å². The van der Waals surface area contributed by atoms with Gasteiger partial charge in [-0.05, 0) is 49.2 Å². The summed E-state index contributed by atoms with van der Waals surface area (Å²) in [4.78, 5) is 17.4. The number of nitriles is 1. The zero-order valence-electron chi connectivity index (χ0n) is 16.2. The number of hydrogen-bond donors (Lipinski definition) is 1. The molecule has 1 N–H and O–H groups in total. The van der Waals surface area contributed by atoms with Gasteiger partial charge in [-0.3, -0.25) is 4.79 Å². The lowest BCUT2D eigenvalue weighted by Crippen LogP contribution is -2.43. The van der Waals surface area contributed by atoms with Gasteiger partial charge in [-0.15, -0.1) is 11.3 Å². The maximum atomic E-state index is 13.0. The Kier molecular flexibility index (Phi) is 6.07. The van der Waals surface area contributed by atoms with Gasteiger partial charge in [0.25, 0.3) is 0 Å². The van der Waals surface area contributed by atoms with Crippen LogP contribution in [0.15, 0.2) is 58.8 Å². The van der Waals surface area contributed by atoms with E-state index < -0.39 is 22.0 Å². The second-order valence-electron chi connectivity index (χ2n) is 6.94. The molecule has 1 aliphatic heterocycles. The highest BCUT2D eigenvalue weighted by molar-refractivity contribution is 7.89. The fourth-order valence-electron chi connectivity index (χ4n) is 3.40. The average Bonchev–Trinajstić information content (AvgIpc) is 3.44. The van der Waals surface area contributed by atoms with E-state index in [1.807, 2.05) is 0 Å². The fourth-order valence-corrected chi connectivity index (χ4v) is 5.90. The van der Waals surface area contributed by atoms with Crippen molar-refractivity contribution in [1.29, 1.82) is 5.26 Å². The minimum Gasteiger partial charge on any atom is -0.301 e. The third-order valence-electron chi connectivity index (χ3n) is 4.97. The first kappa shape index (κ1) is 21.5. The first-order chi connectivity index (χ1) is 14.9. The van der Waals surface area contributed by atoms with Gasteiger partial charge in [-0.2, -0.15) is 9.57 Å². The zero-order valence-corrected chi connectivity index (χ0v) is 18.5. The van der Waals surface area contributed by atoms with Gasteiger partial charge >= 0.3 is 0 Å². The highest BCUT2D eigenvalue weighted by Gasteiger charge is 2.39. The third-order valence-corrected chi connectivity index (χ3v) is 7.90. The monoisotopic (exact) mass is 472 g/mol. The van der Waals surface area contributed by atoms with Crippen molar-refractivity contribution in [1.82, 2.24) is 9.29 Å². The Balaban J connectivity index is 1.50. The molecule has 31 heavy (non-hydrogen) atoms. The molecule has 4 rings (SSSR count). The number of halogens is 1. The van der Waals surface area contributed by atoms with Crippen molar-refractivity contribution in [3.63, 3.8) is 0 Å². The Hall–Kier alpha value is -2.77. The van der Waals surface area contributed by atoms with E-state index in [4.69, 9.17) is 16.9 Å². The summed E-state index contributed by atoms with van der Waals surface area (Å²) >= 11 is 7.12. The second kappa shape index (κ2) is 8.77. The van der Waals surface area contributed by atoms with Gasteiger partial charge in [-0.1, -0.05) is 23.7 Å². The molecule has 0 bridgehead atoms. The molecule has 1 atom stereocenters. The molecule has 0 spiro atoms. The number of sulfonamides is 1. The van der Waals surface area contributed by atoms with E-state index >= 15 is 0 Å². The summed E-state index contributed by atoms with van der Waals surface area (Å²) in [6.45, 7) is 0.275. The SMILES string of the molecule is N#Cc1ccc(-c2csc(NC(=O)[C@@H]3CCCN3S(=O)(=O)c3ccc(Cl)cc3)n2)cc1. The summed E-state index contributed by atoms with van der Waals surface area (Å²) in [6, 6.07) is 14.1. The van der Waals surface area contributed by atoms with Crippen molar-refractivity contribution in [3.05, 3.63) is 64.5 Å².